The van der Waals surface area contributed by atoms with Crippen LogP contribution in [0.2, 0.25) is 5.02 Å². The molecule has 1 unspecified atom stereocenters. The summed E-state index contributed by atoms with van der Waals surface area (Å²) in [6.07, 6.45) is 0.194. The smallest absolute Gasteiger partial charge is 0.211 e. The number of pyridine rings is 1. The Morgan fingerprint density at radius 2 is 1.52 bits per heavy atom. The highest BCUT2D eigenvalue weighted by Gasteiger charge is 2.28. The number of anilines is 2. The molecule has 7 heteroatoms. The molecule has 40 heavy (non-hydrogen) atoms. The lowest BCUT2D eigenvalue weighted by Gasteiger charge is -2.20. The van der Waals surface area contributed by atoms with Gasteiger partial charge in [0.2, 0.25) is 5.78 Å². The lowest BCUT2D eigenvalue weighted by molar-refractivity contribution is 0.0742. The van der Waals surface area contributed by atoms with E-state index in [-0.39, 0.29) is 40.0 Å². The largest absolute Gasteiger partial charge is 0.380 e. The van der Waals surface area contributed by atoms with Gasteiger partial charge in [-0.1, -0.05) is 74.8 Å². The van der Waals surface area contributed by atoms with Gasteiger partial charge in [-0.2, -0.15) is 0 Å². The summed E-state index contributed by atoms with van der Waals surface area (Å²) in [5.41, 5.74) is 2.41. The van der Waals surface area contributed by atoms with Crippen LogP contribution in [0.4, 0.5) is 11.4 Å². The van der Waals surface area contributed by atoms with E-state index in [0.717, 1.165) is 11.4 Å². The standard InChI is InChI=1S/C33H31ClN2O4/c1-33(2,3)19-29(37)26-16-10-22(18-27(26)32(40)31(39)21-8-6-5-7-9-21)30(38)28-17-15-25(20-35-28)36(4)24-13-11-23(34)12-14-24/h5-18,20,32,40H,19H2,1-4H3. The third kappa shape index (κ3) is 6.71. The first-order chi connectivity index (χ1) is 18.9. The van der Waals surface area contributed by atoms with Crippen LogP contribution >= 0.6 is 11.6 Å². The highest BCUT2D eigenvalue weighted by molar-refractivity contribution is 6.30. The maximum Gasteiger partial charge on any atom is 0.211 e. The number of rotatable bonds is 9. The van der Waals surface area contributed by atoms with Gasteiger partial charge in [0.15, 0.2) is 11.6 Å². The van der Waals surface area contributed by atoms with Crippen molar-refractivity contribution in [1.82, 2.24) is 4.98 Å². The van der Waals surface area contributed by atoms with Crippen LogP contribution in [0.5, 0.6) is 0 Å². The quantitative estimate of drug-likeness (QED) is 0.219. The summed E-state index contributed by atoms with van der Waals surface area (Å²) in [7, 11) is 1.88. The Hall–Kier alpha value is -4.13. The molecule has 0 amide bonds. The molecule has 0 aliphatic carbocycles. The van der Waals surface area contributed by atoms with Gasteiger partial charge >= 0.3 is 0 Å². The molecule has 0 bridgehead atoms. The van der Waals surface area contributed by atoms with E-state index in [4.69, 9.17) is 11.6 Å². The molecule has 0 spiro atoms. The molecule has 0 aliphatic heterocycles. The molecule has 1 heterocycles. The minimum atomic E-state index is -1.61. The molecule has 4 rings (SSSR count). The predicted molar refractivity (Wildman–Crippen MR) is 158 cm³/mol. The number of hydrogen-bond acceptors (Lipinski definition) is 6. The molecule has 0 fully saturated rings. The molecule has 1 aromatic heterocycles. The highest BCUT2D eigenvalue weighted by atomic mass is 35.5. The molecule has 6 nitrogen and oxygen atoms in total. The minimum absolute atomic E-state index is 0.105. The molecule has 0 radical (unpaired) electrons. The maximum absolute atomic E-state index is 13.4. The first-order valence-electron chi connectivity index (χ1n) is 12.9. The minimum Gasteiger partial charge on any atom is -0.380 e. The van der Waals surface area contributed by atoms with Gasteiger partial charge in [0.05, 0.1) is 11.9 Å². The highest BCUT2D eigenvalue weighted by Crippen LogP contribution is 2.30. The fraction of sp³-hybridized carbons (Fsp3) is 0.212. The van der Waals surface area contributed by atoms with Crippen molar-refractivity contribution in [2.75, 3.05) is 11.9 Å². The van der Waals surface area contributed by atoms with Crippen LogP contribution in [0.3, 0.4) is 0 Å². The Labute approximate surface area is 239 Å². The average molecular weight is 555 g/mol. The van der Waals surface area contributed by atoms with E-state index in [0.29, 0.717) is 10.6 Å². The van der Waals surface area contributed by atoms with Crippen molar-refractivity contribution in [3.8, 4) is 0 Å². The van der Waals surface area contributed by atoms with Crippen LogP contribution in [0.15, 0.2) is 91.1 Å². The average Bonchev–Trinajstić information content (AvgIpc) is 2.95. The fourth-order valence-corrected chi connectivity index (χ4v) is 4.47. The van der Waals surface area contributed by atoms with E-state index in [2.05, 4.69) is 4.98 Å². The first-order valence-corrected chi connectivity index (χ1v) is 13.3. The topological polar surface area (TPSA) is 87.6 Å². The molecule has 204 valence electrons. The summed E-state index contributed by atoms with van der Waals surface area (Å²) in [6, 6.07) is 23.6. The molecule has 0 aliphatic rings. The van der Waals surface area contributed by atoms with E-state index in [9.17, 15) is 19.5 Å². The second-order valence-corrected chi connectivity index (χ2v) is 11.3. The van der Waals surface area contributed by atoms with Crippen LogP contribution < -0.4 is 4.90 Å². The van der Waals surface area contributed by atoms with Gasteiger partial charge in [0.1, 0.15) is 11.8 Å². The lowest BCUT2D eigenvalue weighted by atomic mass is 9.84. The van der Waals surface area contributed by atoms with E-state index in [1.54, 1.807) is 60.8 Å². The number of Topliss-reactive ketones (excluding diaryl/α,β-unsaturated/α-hetero) is 2. The second-order valence-electron chi connectivity index (χ2n) is 10.9. The number of aliphatic hydroxyl groups excluding tert-OH is 1. The van der Waals surface area contributed by atoms with Crippen LogP contribution in [-0.2, 0) is 0 Å². The number of benzene rings is 3. The van der Waals surface area contributed by atoms with Gasteiger partial charge in [0.25, 0.3) is 0 Å². The first kappa shape index (κ1) is 28.9. The zero-order valence-corrected chi connectivity index (χ0v) is 23.6. The number of hydrogen-bond donors (Lipinski definition) is 1. The second kappa shape index (κ2) is 11.9. The monoisotopic (exact) mass is 554 g/mol. The summed E-state index contributed by atoms with van der Waals surface area (Å²) >= 11 is 5.99. The number of nitrogens with zero attached hydrogens (tertiary/aromatic N) is 2. The van der Waals surface area contributed by atoms with Crippen molar-refractivity contribution in [1.29, 1.82) is 0 Å². The van der Waals surface area contributed by atoms with Crippen LogP contribution in [0, 0.1) is 5.41 Å². The number of halogens is 1. The molecule has 4 aromatic rings. The number of aliphatic hydroxyl groups is 1. The Balaban J connectivity index is 1.66. The van der Waals surface area contributed by atoms with Crippen molar-refractivity contribution in [3.63, 3.8) is 0 Å². The van der Waals surface area contributed by atoms with Crippen LogP contribution in [0.1, 0.15) is 75.6 Å². The number of aromatic nitrogens is 1. The summed E-state index contributed by atoms with van der Waals surface area (Å²) in [6.45, 7) is 5.81. The molecule has 1 N–H and O–H groups in total. The SMILES string of the molecule is CN(c1ccc(Cl)cc1)c1ccc(C(=O)c2ccc(C(=O)CC(C)(C)C)c(C(O)C(=O)c3ccccc3)c2)nc1. The van der Waals surface area contributed by atoms with Gasteiger partial charge in [0, 0.05) is 40.9 Å². The van der Waals surface area contributed by atoms with Crippen molar-refractivity contribution < 1.29 is 19.5 Å². The Bertz CT molecular complexity index is 1530. The van der Waals surface area contributed by atoms with Gasteiger partial charge in [-0.25, -0.2) is 0 Å². The van der Waals surface area contributed by atoms with Crippen molar-refractivity contribution in [2.24, 2.45) is 5.41 Å². The van der Waals surface area contributed by atoms with E-state index in [1.807, 2.05) is 44.9 Å². The van der Waals surface area contributed by atoms with Crippen molar-refractivity contribution in [2.45, 2.75) is 33.3 Å². The molecular formula is C33H31ClN2O4. The summed E-state index contributed by atoms with van der Waals surface area (Å²) in [5, 5.41) is 11.8. The molecule has 0 saturated carbocycles. The van der Waals surface area contributed by atoms with Gasteiger partial charge in [-0.3, -0.25) is 19.4 Å². The maximum atomic E-state index is 13.4. The van der Waals surface area contributed by atoms with Crippen molar-refractivity contribution in [3.05, 3.63) is 124 Å². The van der Waals surface area contributed by atoms with Crippen molar-refractivity contribution >= 4 is 40.3 Å². The van der Waals surface area contributed by atoms with Crippen LogP contribution in [0.25, 0.3) is 0 Å². The molecule has 1 atom stereocenters. The Kier molecular flexibility index (Phi) is 8.62. The third-order valence-corrected chi connectivity index (χ3v) is 6.74. The van der Waals surface area contributed by atoms with E-state index >= 15 is 0 Å². The number of ketones is 3. The Morgan fingerprint density at radius 3 is 2.12 bits per heavy atom. The summed E-state index contributed by atoms with van der Waals surface area (Å²) in [5.74, 6) is -1.16. The number of carbonyl (C=O) groups is 3. The molecular weight excluding hydrogens is 524 g/mol. The van der Waals surface area contributed by atoms with Gasteiger partial charge < -0.3 is 10.0 Å². The molecule has 3 aromatic carbocycles. The fourth-order valence-electron chi connectivity index (χ4n) is 4.34. The normalized spacial score (nSPS) is 12.1. The summed E-state index contributed by atoms with van der Waals surface area (Å²) < 4.78 is 0. The Morgan fingerprint density at radius 1 is 0.875 bits per heavy atom. The molecule has 0 saturated heterocycles. The predicted octanol–water partition coefficient (Wildman–Crippen LogP) is 7.27. The zero-order valence-electron chi connectivity index (χ0n) is 22.9. The van der Waals surface area contributed by atoms with E-state index in [1.165, 1.54) is 18.2 Å². The number of carbonyl (C=O) groups excluding carboxylic acids is 3. The third-order valence-electron chi connectivity index (χ3n) is 6.49. The summed E-state index contributed by atoms with van der Waals surface area (Å²) in [4.78, 5) is 46.0. The van der Waals surface area contributed by atoms with Crippen LogP contribution in [-0.4, -0.2) is 34.5 Å². The van der Waals surface area contributed by atoms with Gasteiger partial charge in [-0.05, 0) is 53.4 Å². The lowest BCUT2D eigenvalue weighted by Crippen LogP contribution is -2.20. The van der Waals surface area contributed by atoms with E-state index < -0.39 is 17.7 Å². The zero-order chi connectivity index (χ0) is 29.0. The van der Waals surface area contributed by atoms with Gasteiger partial charge in [-0.15, -0.1) is 0 Å².